The lowest BCUT2D eigenvalue weighted by Crippen LogP contribution is -2.51. The van der Waals surface area contributed by atoms with Crippen LogP contribution in [0.4, 0.5) is 0 Å². The standard InChI is InChI=1S/C24H29BrCl2N2O3/c1-5-16(4)28-24(31)22(6-2)29(13-17-7-8-18(26)12-21(17)27)23(30)14-32-19-9-10-20(25)15(3)11-19/h7-12,16,22H,5-6,13-14H2,1-4H3,(H,28,31)/t16-,22-/m1/s1. The highest BCUT2D eigenvalue weighted by molar-refractivity contribution is 9.10. The summed E-state index contributed by atoms with van der Waals surface area (Å²) in [5.41, 5.74) is 1.71. The Balaban J connectivity index is 2.26. The number of carbonyl (C=O) groups excluding carboxylic acids is 2. The van der Waals surface area contributed by atoms with E-state index in [1.54, 1.807) is 24.3 Å². The molecule has 0 aliphatic carbocycles. The van der Waals surface area contributed by atoms with Gasteiger partial charge < -0.3 is 15.0 Å². The zero-order valence-electron chi connectivity index (χ0n) is 18.8. The first kappa shape index (κ1) is 26.5. The fourth-order valence-corrected chi connectivity index (χ4v) is 3.84. The van der Waals surface area contributed by atoms with E-state index >= 15 is 0 Å². The summed E-state index contributed by atoms with van der Waals surface area (Å²) in [4.78, 5) is 27.7. The number of nitrogens with zero attached hydrogens (tertiary/aromatic N) is 1. The summed E-state index contributed by atoms with van der Waals surface area (Å²) in [5.74, 6) is 0.0862. The van der Waals surface area contributed by atoms with Crippen LogP contribution < -0.4 is 10.1 Å². The zero-order valence-corrected chi connectivity index (χ0v) is 21.9. The first-order valence-electron chi connectivity index (χ1n) is 10.6. The Morgan fingerprint density at radius 3 is 2.44 bits per heavy atom. The van der Waals surface area contributed by atoms with E-state index in [4.69, 9.17) is 27.9 Å². The third-order valence-electron chi connectivity index (χ3n) is 5.23. The van der Waals surface area contributed by atoms with E-state index in [9.17, 15) is 9.59 Å². The molecule has 0 aliphatic rings. The van der Waals surface area contributed by atoms with Gasteiger partial charge in [-0.2, -0.15) is 0 Å². The van der Waals surface area contributed by atoms with E-state index in [0.29, 0.717) is 27.8 Å². The molecule has 0 radical (unpaired) electrons. The second-order valence-corrected chi connectivity index (χ2v) is 9.40. The van der Waals surface area contributed by atoms with Crippen LogP contribution in [0.5, 0.6) is 5.75 Å². The van der Waals surface area contributed by atoms with E-state index in [1.165, 1.54) is 4.90 Å². The first-order chi connectivity index (χ1) is 15.2. The second-order valence-electron chi connectivity index (χ2n) is 7.70. The number of hydrogen-bond acceptors (Lipinski definition) is 3. The van der Waals surface area contributed by atoms with Crippen molar-refractivity contribution in [2.75, 3.05) is 6.61 Å². The zero-order chi connectivity index (χ0) is 23.8. The van der Waals surface area contributed by atoms with Crippen molar-refractivity contribution in [2.45, 2.75) is 59.2 Å². The number of hydrogen-bond donors (Lipinski definition) is 1. The molecule has 0 saturated heterocycles. The number of rotatable bonds is 10. The maximum atomic E-state index is 13.3. The molecule has 5 nitrogen and oxygen atoms in total. The third-order valence-corrected chi connectivity index (χ3v) is 6.71. The average molecular weight is 544 g/mol. The summed E-state index contributed by atoms with van der Waals surface area (Å²) in [7, 11) is 0. The van der Waals surface area contributed by atoms with Crippen LogP contribution in [0.1, 0.15) is 44.7 Å². The molecule has 32 heavy (non-hydrogen) atoms. The van der Waals surface area contributed by atoms with Gasteiger partial charge in [0.25, 0.3) is 5.91 Å². The molecule has 0 aromatic heterocycles. The van der Waals surface area contributed by atoms with Gasteiger partial charge in [0.05, 0.1) is 0 Å². The maximum absolute atomic E-state index is 13.3. The first-order valence-corrected chi connectivity index (χ1v) is 12.1. The molecule has 2 atom stereocenters. The Morgan fingerprint density at radius 1 is 1.12 bits per heavy atom. The highest BCUT2D eigenvalue weighted by Gasteiger charge is 2.30. The summed E-state index contributed by atoms with van der Waals surface area (Å²) in [6.45, 7) is 7.73. The molecule has 0 fully saturated rings. The van der Waals surface area contributed by atoms with Gasteiger partial charge in [0.1, 0.15) is 11.8 Å². The fraction of sp³-hybridized carbons (Fsp3) is 0.417. The minimum atomic E-state index is -0.654. The molecule has 0 saturated carbocycles. The highest BCUT2D eigenvalue weighted by Crippen LogP contribution is 2.25. The fourth-order valence-electron chi connectivity index (χ4n) is 3.13. The number of benzene rings is 2. The van der Waals surface area contributed by atoms with Gasteiger partial charge >= 0.3 is 0 Å². The van der Waals surface area contributed by atoms with Gasteiger partial charge in [0, 0.05) is 27.1 Å². The second kappa shape index (κ2) is 12.5. The summed E-state index contributed by atoms with van der Waals surface area (Å²) >= 11 is 15.8. The minimum Gasteiger partial charge on any atom is -0.484 e. The molecule has 0 heterocycles. The van der Waals surface area contributed by atoms with Gasteiger partial charge in [-0.3, -0.25) is 9.59 Å². The van der Waals surface area contributed by atoms with Crippen LogP contribution in [0.15, 0.2) is 40.9 Å². The lowest BCUT2D eigenvalue weighted by Gasteiger charge is -2.31. The van der Waals surface area contributed by atoms with Crippen molar-refractivity contribution in [1.29, 1.82) is 0 Å². The van der Waals surface area contributed by atoms with Gasteiger partial charge in [0.15, 0.2) is 6.61 Å². The molecule has 174 valence electrons. The van der Waals surface area contributed by atoms with E-state index in [-0.39, 0.29) is 31.0 Å². The van der Waals surface area contributed by atoms with Crippen molar-refractivity contribution in [2.24, 2.45) is 0 Å². The number of halogens is 3. The van der Waals surface area contributed by atoms with Crippen LogP contribution >= 0.6 is 39.1 Å². The molecule has 0 unspecified atom stereocenters. The summed E-state index contributed by atoms with van der Waals surface area (Å²) < 4.78 is 6.71. The molecular weight excluding hydrogens is 515 g/mol. The Morgan fingerprint density at radius 2 is 1.84 bits per heavy atom. The quantitative estimate of drug-likeness (QED) is 0.390. The Labute approximate surface area is 208 Å². The van der Waals surface area contributed by atoms with E-state index < -0.39 is 6.04 Å². The van der Waals surface area contributed by atoms with Crippen molar-refractivity contribution in [1.82, 2.24) is 10.2 Å². The van der Waals surface area contributed by atoms with Crippen LogP contribution in [0.3, 0.4) is 0 Å². The Kier molecular flexibility index (Phi) is 10.3. The van der Waals surface area contributed by atoms with Crippen LogP contribution in [0, 0.1) is 6.92 Å². The van der Waals surface area contributed by atoms with Crippen molar-refractivity contribution in [3.8, 4) is 5.75 Å². The topological polar surface area (TPSA) is 58.6 Å². The normalized spacial score (nSPS) is 12.7. The molecule has 8 heteroatoms. The van der Waals surface area contributed by atoms with E-state index in [1.807, 2.05) is 39.8 Å². The van der Waals surface area contributed by atoms with Crippen molar-refractivity contribution >= 4 is 50.9 Å². The van der Waals surface area contributed by atoms with Crippen molar-refractivity contribution in [3.05, 3.63) is 62.0 Å². The number of amides is 2. The number of nitrogens with one attached hydrogen (secondary N) is 1. The monoisotopic (exact) mass is 542 g/mol. The average Bonchev–Trinajstić information content (AvgIpc) is 2.75. The van der Waals surface area contributed by atoms with Gasteiger partial charge in [-0.15, -0.1) is 0 Å². The lowest BCUT2D eigenvalue weighted by atomic mass is 10.1. The van der Waals surface area contributed by atoms with Gasteiger partial charge in [-0.05, 0) is 68.1 Å². The lowest BCUT2D eigenvalue weighted by molar-refractivity contribution is -0.143. The van der Waals surface area contributed by atoms with Crippen molar-refractivity contribution < 1.29 is 14.3 Å². The molecule has 0 aliphatic heterocycles. The van der Waals surface area contributed by atoms with Gasteiger partial charge in [0.2, 0.25) is 5.91 Å². The summed E-state index contributed by atoms with van der Waals surface area (Å²) in [5, 5.41) is 3.93. The summed E-state index contributed by atoms with van der Waals surface area (Å²) in [6.07, 6.45) is 1.25. The Hall–Kier alpha value is -1.76. The SMILES string of the molecule is CC[C@@H](C)NC(=O)[C@@H](CC)N(Cc1ccc(Cl)cc1Cl)C(=O)COc1ccc(Br)c(C)c1. The van der Waals surface area contributed by atoms with Crippen molar-refractivity contribution in [3.63, 3.8) is 0 Å². The molecule has 2 rings (SSSR count). The Bertz CT molecular complexity index is 955. The van der Waals surface area contributed by atoms with E-state index in [2.05, 4.69) is 21.2 Å². The largest absolute Gasteiger partial charge is 0.484 e. The molecule has 0 spiro atoms. The number of ether oxygens (including phenoxy) is 1. The maximum Gasteiger partial charge on any atom is 0.261 e. The van der Waals surface area contributed by atoms with Crippen LogP contribution in [-0.2, 0) is 16.1 Å². The molecule has 2 amide bonds. The predicted molar refractivity (Wildman–Crippen MR) is 133 cm³/mol. The molecule has 2 aromatic carbocycles. The molecule has 1 N–H and O–H groups in total. The van der Waals surface area contributed by atoms with Crippen LogP contribution in [-0.4, -0.2) is 35.4 Å². The third kappa shape index (κ3) is 7.39. The van der Waals surface area contributed by atoms with Gasteiger partial charge in [-0.1, -0.05) is 59.0 Å². The van der Waals surface area contributed by atoms with Crippen LogP contribution in [0.25, 0.3) is 0 Å². The van der Waals surface area contributed by atoms with Gasteiger partial charge in [-0.25, -0.2) is 0 Å². The minimum absolute atomic E-state index is 0.00890. The van der Waals surface area contributed by atoms with Crippen LogP contribution in [0.2, 0.25) is 10.0 Å². The highest BCUT2D eigenvalue weighted by atomic mass is 79.9. The van der Waals surface area contributed by atoms with E-state index in [0.717, 1.165) is 16.5 Å². The molecule has 0 bridgehead atoms. The smallest absolute Gasteiger partial charge is 0.261 e. The summed E-state index contributed by atoms with van der Waals surface area (Å²) in [6, 6.07) is 9.98. The number of aryl methyl sites for hydroxylation is 1. The number of carbonyl (C=O) groups is 2. The predicted octanol–water partition coefficient (Wildman–Crippen LogP) is 6.17. The molecular formula is C24H29BrCl2N2O3. The molecule has 2 aromatic rings.